The van der Waals surface area contributed by atoms with Crippen molar-refractivity contribution >= 4 is 0 Å². The number of likely N-dealkylation sites (N-methyl/N-ethyl adjacent to an activating group) is 1. The van der Waals surface area contributed by atoms with Gasteiger partial charge in [0, 0.05) is 5.56 Å². The van der Waals surface area contributed by atoms with Gasteiger partial charge in [0.1, 0.15) is 25.4 Å². The van der Waals surface area contributed by atoms with Crippen molar-refractivity contribution in [3.63, 3.8) is 0 Å². The molecule has 0 fully saturated rings. The van der Waals surface area contributed by atoms with Gasteiger partial charge >= 0.3 is 0 Å². The highest BCUT2D eigenvalue weighted by Gasteiger charge is 2.16. The summed E-state index contributed by atoms with van der Waals surface area (Å²) in [6.45, 7) is 13.1. The van der Waals surface area contributed by atoms with E-state index in [9.17, 15) is 0 Å². The molecule has 0 radical (unpaired) electrons. The maximum absolute atomic E-state index is 6.16. The summed E-state index contributed by atoms with van der Waals surface area (Å²) in [5.74, 6) is 2.29. The van der Waals surface area contributed by atoms with E-state index in [1.54, 1.807) is 0 Å². The standard InChI is InChI=1S/C27H42NO2.ClH.H2O/c1-22(2)19-25-13-10-14-27(26(25)20-23(3)4)30-18-17-29-16-15-28(5,6)21-24-11-8-7-9-12-24;;/h7-14,22-23H,15-21H2,1-6H3;1H;1H2/q+1;;/p-1. The molecule has 0 saturated heterocycles. The van der Waals surface area contributed by atoms with Crippen LogP contribution in [0.15, 0.2) is 48.5 Å². The summed E-state index contributed by atoms with van der Waals surface area (Å²) in [4.78, 5) is 0. The molecule has 4 nitrogen and oxygen atoms in total. The molecule has 2 N–H and O–H groups in total. The molecule has 2 rings (SSSR count). The van der Waals surface area contributed by atoms with Gasteiger partial charge in [-0.2, -0.15) is 0 Å². The molecule has 0 heterocycles. The van der Waals surface area contributed by atoms with Crippen LogP contribution in [-0.4, -0.2) is 50.4 Å². The van der Waals surface area contributed by atoms with Crippen molar-refractivity contribution in [3.05, 3.63) is 65.2 Å². The maximum Gasteiger partial charge on any atom is 0.122 e. The van der Waals surface area contributed by atoms with Crippen molar-refractivity contribution < 1.29 is 31.8 Å². The van der Waals surface area contributed by atoms with E-state index in [0.717, 1.165) is 42.8 Å². The number of quaternary nitrogens is 1. The van der Waals surface area contributed by atoms with Gasteiger partial charge in [-0.15, -0.1) is 0 Å². The Kier molecular flexibility index (Phi) is 14.5. The predicted molar refractivity (Wildman–Crippen MR) is 131 cm³/mol. The van der Waals surface area contributed by atoms with E-state index in [0.29, 0.717) is 25.0 Å². The Hall–Kier alpha value is -1.59. The number of nitrogens with zero attached hydrogens (tertiary/aromatic N) is 1. The van der Waals surface area contributed by atoms with Crippen LogP contribution in [0.2, 0.25) is 0 Å². The topological polar surface area (TPSA) is 50.0 Å². The zero-order chi connectivity index (χ0) is 22.0. The molecule has 32 heavy (non-hydrogen) atoms. The van der Waals surface area contributed by atoms with Crippen LogP contribution in [0.1, 0.15) is 44.4 Å². The third kappa shape index (κ3) is 11.3. The fraction of sp³-hybridized carbons (Fsp3) is 0.556. The van der Waals surface area contributed by atoms with Crippen molar-refractivity contribution in [3.8, 4) is 5.75 Å². The average molecular weight is 466 g/mol. The molecule has 2 aromatic rings. The lowest BCUT2D eigenvalue weighted by Gasteiger charge is -2.29. The highest BCUT2D eigenvalue weighted by Crippen LogP contribution is 2.27. The molecule has 5 heteroatoms. The van der Waals surface area contributed by atoms with Crippen LogP contribution in [0.5, 0.6) is 5.75 Å². The van der Waals surface area contributed by atoms with E-state index < -0.39 is 0 Å². The SMILES string of the molecule is CC(C)Cc1cccc(OCCOCC[N+](C)(C)Cc2ccccc2)c1CC(C)C.O.[Cl-]. The minimum absolute atomic E-state index is 0. The van der Waals surface area contributed by atoms with E-state index in [1.807, 2.05) is 0 Å². The zero-order valence-electron chi connectivity index (χ0n) is 20.9. The van der Waals surface area contributed by atoms with Gasteiger partial charge in [0.25, 0.3) is 0 Å². The van der Waals surface area contributed by atoms with Gasteiger partial charge in [0.15, 0.2) is 0 Å². The Bertz CT molecular complexity index is 748. The number of ether oxygens (including phenoxy) is 2. The summed E-state index contributed by atoms with van der Waals surface area (Å²) < 4.78 is 13.0. The van der Waals surface area contributed by atoms with E-state index >= 15 is 0 Å². The minimum Gasteiger partial charge on any atom is -1.00 e. The largest absolute Gasteiger partial charge is 1.00 e. The predicted octanol–water partition coefficient (Wildman–Crippen LogP) is 1.93. The maximum atomic E-state index is 6.16. The summed E-state index contributed by atoms with van der Waals surface area (Å²) in [5, 5.41) is 0. The van der Waals surface area contributed by atoms with Crippen LogP contribution < -0.4 is 17.1 Å². The lowest BCUT2D eigenvalue weighted by molar-refractivity contribution is -0.904. The summed E-state index contributed by atoms with van der Waals surface area (Å²) in [6, 6.07) is 17.2. The van der Waals surface area contributed by atoms with E-state index in [-0.39, 0.29) is 17.9 Å². The quantitative estimate of drug-likeness (QED) is 0.335. The van der Waals surface area contributed by atoms with Gasteiger partial charge in [-0.3, -0.25) is 0 Å². The molecule has 0 aliphatic rings. The number of hydrogen-bond donors (Lipinski definition) is 0. The van der Waals surface area contributed by atoms with Gasteiger partial charge in [-0.25, -0.2) is 0 Å². The highest BCUT2D eigenvalue weighted by atomic mass is 35.5. The van der Waals surface area contributed by atoms with Crippen LogP contribution in [0, 0.1) is 11.8 Å². The van der Waals surface area contributed by atoms with Crippen LogP contribution in [0.3, 0.4) is 0 Å². The molecular formula is C27H44ClNO3. The summed E-state index contributed by atoms with van der Waals surface area (Å²) in [6.07, 6.45) is 2.16. The first-order chi connectivity index (χ1) is 14.3. The molecule has 0 aliphatic heterocycles. The Morgan fingerprint density at radius 1 is 0.781 bits per heavy atom. The van der Waals surface area contributed by atoms with E-state index in [2.05, 4.69) is 90.3 Å². The third-order valence-electron chi connectivity index (χ3n) is 5.25. The fourth-order valence-corrected chi connectivity index (χ4v) is 3.80. The number of rotatable bonds is 13. The zero-order valence-corrected chi connectivity index (χ0v) is 21.6. The normalized spacial score (nSPS) is 11.2. The Morgan fingerprint density at radius 2 is 1.44 bits per heavy atom. The van der Waals surface area contributed by atoms with Crippen molar-refractivity contribution in [2.45, 2.75) is 47.1 Å². The summed E-state index contributed by atoms with van der Waals surface area (Å²) in [7, 11) is 4.51. The molecule has 0 unspecified atom stereocenters. The lowest BCUT2D eigenvalue weighted by Crippen LogP contribution is -3.00. The molecule has 2 aromatic carbocycles. The molecule has 0 spiro atoms. The van der Waals surface area contributed by atoms with Crippen molar-refractivity contribution in [1.82, 2.24) is 0 Å². The highest BCUT2D eigenvalue weighted by molar-refractivity contribution is 5.41. The molecule has 0 aliphatic carbocycles. The Labute approximate surface area is 202 Å². The Morgan fingerprint density at radius 3 is 2.06 bits per heavy atom. The number of halogens is 1. The smallest absolute Gasteiger partial charge is 0.122 e. The van der Waals surface area contributed by atoms with Gasteiger partial charge in [0.05, 0.1) is 27.3 Å². The molecular weight excluding hydrogens is 422 g/mol. The second-order valence-corrected chi connectivity index (χ2v) is 9.85. The number of benzene rings is 2. The molecule has 0 atom stereocenters. The van der Waals surface area contributed by atoms with Crippen LogP contribution in [0.4, 0.5) is 0 Å². The monoisotopic (exact) mass is 465 g/mol. The van der Waals surface area contributed by atoms with Gasteiger partial charge in [-0.05, 0) is 41.9 Å². The molecule has 0 aromatic heterocycles. The van der Waals surface area contributed by atoms with Gasteiger partial charge < -0.3 is 31.8 Å². The second-order valence-electron chi connectivity index (χ2n) is 9.85. The molecule has 0 saturated carbocycles. The van der Waals surface area contributed by atoms with E-state index in [4.69, 9.17) is 9.47 Å². The van der Waals surface area contributed by atoms with Crippen molar-refractivity contribution in [2.75, 3.05) is 40.5 Å². The van der Waals surface area contributed by atoms with Crippen LogP contribution in [0.25, 0.3) is 0 Å². The average Bonchev–Trinajstić information content (AvgIpc) is 2.66. The van der Waals surface area contributed by atoms with Crippen molar-refractivity contribution in [2.24, 2.45) is 11.8 Å². The lowest BCUT2D eigenvalue weighted by atomic mass is 9.92. The third-order valence-corrected chi connectivity index (χ3v) is 5.25. The molecule has 182 valence electrons. The van der Waals surface area contributed by atoms with Crippen LogP contribution >= 0.6 is 0 Å². The van der Waals surface area contributed by atoms with Crippen LogP contribution in [-0.2, 0) is 24.1 Å². The van der Waals surface area contributed by atoms with Gasteiger partial charge in [-0.1, -0.05) is 70.2 Å². The van der Waals surface area contributed by atoms with E-state index in [1.165, 1.54) is 16.7 Å². The molecule has 0 bridgehead atoms. The number of hydrogen-bond acceptors (Lipinski definition) is 2. The first kappa shape index (κ1) is 30.4. The molecule has 0 amide bonds. The second kappa shape index (κ2) is 15.3. The summed E-state index contributed by atoms with van der Waals surface area (Å²) in [5.41, 5.74) is 4.17. The summed E-state index contributed by atoms with van der Waals surface area (Å²) >= 11 is 0. The van der Waals surface area contributed by atoms with Gasteiger partial charge in [0.2, 0.25) is 0 Å². The minimum atomic E-state index is 0. The fourth-order valence-electron chi connectivity index (χ4n) is 3.80. The first-order valence-corrected chi connectivity index (χ1v) is 11.4. The Balaban J connectivity index is 0.00000480. The van der Waals surface area contributed by atoms with Crippen molar-refractivity contribution in [1.29, 1.82) is 0 Å². The first-order valence-electron chi connectivity index (χ1n) is 11.4.